The van der Waals surface area contributed by atoms with Crippen LogP contribution in [0.3, 0.4) is 0 Å². The van der Waals surface area contributed by atoms with Gasteiger partial charge in [0.25, 0.3) is 5.56 Å². The molecule has 7 heteroatoms. The predicted molar refractivity (Wildman–Crippen MR) is 100 cm³/mol. The van der Waals surface area contributed by atoms with E-state index in [0.717, 1.165) is 10.6 Å². The van der Waals surface area contributed by atoms with E-state index in [2.05, 4.69) is 9.97 Å². The van der Waals surface area contributed by atoms with Crippen molar-refractivity contribution >= 4 is 29.8 Å². The molecular formula is C18H15N4O2P. The SMILES string of the molecule is Cn1cnc2c(=O)n(P(c3ccccc3)c3ccccc3)c(=O)[nH]c21. The van der Waals surface area contributed by atoms with E-state index in [1.807, 2.05) is 60.7 Å². The van der Waals surface area contributed by atoms with Crippen molar-refractivity contribution in [3.8, 4) is 0 Å². The fraction of sp³-hybridized carbons (Fsp3) is 0.0556. The van der Waals surface area contributed by atoms with Crippen LogP contribution in [0.5, 0.6) is 0 Å². The minimum absolute atomic E-state index is 0.265. The molecule has 0 fully saturated rings. The van der Waals surface area contributed by atoms with Crippen LogP contribution in [0.2, 0.25) is 0 Å². The maximum Gasteiger partial charge on any atom is 0.333 e. The van der Waals surface area contributed by atoms with Gasteiger partial charge < -0.3 is 4.57 Å². The molecule has 6 nitrogen and oxygen atoms in total. The Bertz CT molecular complexity index is 1110. The summed E-state index contributed by atoms with van der Waals surface area (Å²) in [5.41, 5.74) is -0.109. The first-order chi connectivity index (χ1) is 12.2. The molecule has 0 spiro atoms. The number of benzene rings is 2. The summed E-state index contributed by atoms with van der Waals surface area (Å²) in [4.78, 5) is 32.8. The molecule has 0 saturated heterocycles. The highest BCUT2D eigenvalue weighted by molar-refractivity contribution is 7.71. The number of nitrogens with one attached hydrogen (secondary N) is 1. The Hall–Kier alpha value is -2.98. The summed E-state index contributed by atoms with van der Waals surface area (Å²) < 4.78 is 2.94. The highest BCUT2D eigenvalue weighted by atomic mass is 31.1. The van der Waals surface area contributed by atoms with Crippen molar-refractivity contribution in [1.29, 1.82) is 0 Å². The first-order valence-corrected chi connectivity index (χ1v) is 9.03. The smallest absolute Gasteiger partial charge is 0.320 e. The summed E-state index contributed by atoms with van der Waals surface area (Å²) in [6.45, 7) is 0. The van der Waals surface area contributed by atoms with Crippen LogP contribution in [0, 0.1) is 0 Å². The van der Waals surface area contributed by atoms with Crippen LogP contribution in [0.25, 0.3) is 11.2 Å². The lowest BCUT2D eigenvalue weighted by Gasteiger charge is -2.19. The molecule has 0 unspecified atom stereocenters. The van der Waals surface area contributed by atoms with Gasteiger partial charge in [0.05, 0.1) is 14.4 Å². The second-order valence-electron chi connectivity index (χ2n) is 5.58. The van der Waals surface area contributed by atoms with E-state index >= 15 is 0 Å². The van der Waals surface area contributed by atoms with E-state index < -0.39 is 13.8 Å². The maximum absolute atomic E-state index is 13.0. The van der Waals surface area contributed by atoms with E-state index in [4.69, 9.17) is 0 Å². The molecule has 0 aliphatic carbocycles. The highest BCUT2D eigenvalue weighted by Crippen LogP contribution is 2.32. The Morgan fingerprint density at radius 3 is 2.04 bits per heavy atom. The fourth-order valence-corrected chi connectivity index (χ4v) is 4.96. The number of nitrogens with zero attached hydrogens (tertiary/aromatic N) is 3. The number of hydrogen-bond donors (Lipinski definition) is 1. The standard InChI is InChI=1S/C18H15N4O2P/c1-21-12-19-15-16(21)20-18(24)22(17(15)23)25(13-8-4-2-5-9-13)14-10-6-3-7-11-14/h2-12H,1H3,(H,20,24). The van der Waals surface area contributed by atoms with E-state index in [0.29, 0.717) is 5.65 Å². The van der Waals surface area contributed by atoms with Crippen LogP contribution in [0.4, 0.5) is 0 Å². The van der Waals surface area contributed by atoms with Crippen LogP contribution in [-0.2, 0) is 7.05 Å². The summed E-state index contributed by atoms with van der Waals surface area (Å²) in [6, 6.07) is 19.2. The number of aryl methyl sites for hydroxylation is 1. The number of aromatic amines is 1. The van der Waals surface area contributed by atoms with Gasteiger partial charge >= 0.3 is 5.69 Å². The molecule has 4 aromatic rings. The summed E-state index contributed by atoms with van der Waals surface area (Å²) >= 11 is 0. The van der Waals surface area contributed by atoms with Gasteiger partial charge in [0, 0.05) is 17.7 Å². The van der Waals surface area contributed by atoms with Gasteiger partial charge in [-0.1, -0.05) is 60.7 Å². The van der Waals surface area contributed by atoms with Gasteiger partial charge in [-0.2, -0.15) is 0 Å². The molecule has 2 aromatic carbocycles. The van der Waals surface area contributed by atoms with Crippen LogP contribution < -0.4 is 21.9 Å². The first kappa shape index (κ1) is 15.5. The number of imidazole rings is 1. The van der Waals surface area contributed by atoms with Crippen LogP contribution in [0.1, 0.15) is 0 Å². The zero-order chi connectivity index (χ0) is 17.4. The average molecular weight is 350 g/mol. The fourth-order valence-electron chi connectivity index (χ4n) is 2.78. The number of hydrogen-bond acceptors (Lipinski definition) is 3. The molecule has 124 valence electrons. The Labute approximate surface area is 144 Å². The van der Waals surface area contributed by atoms with E-state index in [9.17, 15) is 9.59 Å². The maximum atomic E-state index is 13.0. The Balaban J connectivity index is 2.06. The van der Waals surface area contributed by atoms with Crippen LogP contribution in [-0.4, -0.2) is 18.9 Å². The van der Waals surface area contributed by atoms with Crippen LogP contribution >= 0.6 is 8.07 Å². The van der Waals surface area contributed by atoms with Crippen molar-refractivity contribution in [3.05, 3.63) is 87.8 Å². The molecule has 0 saturated carbocycles. The lowest BCUT2D eigenvalue weighted by molar-refractivity contribution is 0.910. The number of aromatic nitrogens is 4. The molecule has 4 rings (SSSR count). The summed E-state index contributed by atoms with van der Waals surface area (Å²) in [5.74, 6) is 0. The molecule has 0 radical (unpaired) electrons. The van der Waals surface area contributed by atoms with Gasteiger partial charge in [0.1, 0.15) is 5.65 Å². The lowest BCUT2D eigenvalue weighted by atomic mass is 10.4. The molecule has 0 amide bonds. The van der Waals surface area contributed by atoms with Gasteiger partial charge in [0.2, 0.25) is 0 Å². The van der Waals surface area contributed by atoms with Gasteiger partial charge in [-0.05, 0) is 0 Å². The van der Waals surface area contributed by atoms with Gasteiger partial charge in [0.15, 0.2) is 5.52 Å². The zero-order valence-corrected chi connectivity index (χ0v) is 14.4. The van der Waals surface area contributed by atoms with E-state index in [1.165, 1.54) is 10.7 Å². The van der Waals surface area contributed by atoms with Gasteiger partial charge in [-0.15, -0.1) is 0 Å². The Kier molecular flexibility index (Phi) is 3.82. The van der Waals surface area contributed by atoms with Gasteiger partial charge in [-0.3, -0.25) is 9.78 Å². The Morgan fingerprint density at radius 1 is 0.920 bits per heavy atom. The molecule has 0 aliphatic heterocycles. The predicted octanol–water partition coefficient (Wildman–Crippen LogP) is 1.32. The molecule has 0 aliphatic rings. The van der Waals surface area contributed by atoms with Crippen LogP contribution in [0.15, 0.2) is 76.6 Å². The molecule has 25 heavy (non-hydrogen) atoms. The second kappa shape index (κ2) is 6.15. The lowest BCUT2D eigenvalue weighted by Crippen LogP contribution is -2.37. The molecular weight excluding hydrogens is 335 g/mol. The minimum Gasteiger partial charge on any atom is -0.320 e. The first-order valence-electron chi connectivity index (χ1n) is 7.73. The van der Waals surface area contributed by atoms with E-state index in [1.54, 1.807) is 11.6 Å². The van der Waals surface area contributed by atoms with Gasteiger partial charge in [-0.25, -0.2) is 14.1 Å². The topological polar surface area (TPSA) is 72.7 Å². The third-order valence-corrected chi connectivity index (χ3v) is 6.29. The summed E-state index contributed by atoms with van der Waals surface area (Å²) in [5, 5.41) is 1.85. The average Bonchev–Trinajstić information content (AvgIpc) is 3.01. The molecule has 0 atom stereocenters. The number of H-pyrrole nitrogens is 1. The van der Waals surface area contributed by atoms with Crippen molar-refractivity contribution < 1.29 is 0 Å². The summed E-state index contributed by atoms with van der Waals surface area (Å²) in [6.07, 6.45) is 1.53. The van der Waals surface area contributed by atoms with Crippen molar-refractivity contribution in [3.63, 3.8) is 0 Å². The molecule has 2 heterocycles. The highest BCUT2D eigenvalue weighted by Gasteiger charge is 2.22. The van der Waals surface area contributed by atoms with Crippen molar-refractivity contribution in [2.75, 3.05) is 0 Å². The Morgan fingerprint density at radius 2 is 1.48 bits per heavy atom. The van der Waals surface area contributed by atoms with E-state index in [-0.39, 0.29) is 11.1 Å². The summed E-state index contributed by atoms with van der Waals surface area (Å²) in [7, 11) is 0.402. The second-order valence-corrected chi connectivity index (χ2v) is 7.64. The third kappa shape index (κ3) is 2.61. The number of fused-ring (bicyclic) bond motifs is 1. The zero-order valence-electron chi connectivity index (χ0n) is 13.5. The van der Waals surface area contributed by atoms with Crippen molar-refractivity contribution in [2.45, 2.75) is 0 Å². The third-order valence-electron chi connectivity index (χ3n) is 3.95. The quantitative estimate of drug-likeness (QED) is 0.567. The largest absolute Gasteiger partial charge is 0.333 e. The monoisotopic (exact) mass is 350 g/mol. The van der Waals surface area contributed by atoms with Crippen molar-refractivity contribution in [2.24, 2.45) is 7.05 Å². The molecule has 0 bridgehead atoms. The minimum atomic E-state index is -1.34. The number of rotatable bonds is 3. The van der Waals surface area contributed by atoms with Crippen molar-refractivity contribution in [1.82, 2.24) is 18.9 Å². The molecule has 2 aromatic heterocycles. The molecule has 1 N–H and O–H groups in total. The normalized spacial score (nSPS) is 11.3.